The molecule has 0 spiro atoms. The summed E-state index contributed by atoms with van der Waals surface area (Å²) in [5.74, 6) is 0. The lowest BCUT2D eigenvalue weighted by atomic mass is 10.0. The Morgan fingerprint density at radius 3 is 2.20 bits per heavy atom. The van der Waals surface area contributed by atoms with Crippen LogP contribution in [-0.4, -0.2) is 6.04 Å². The molecule has 1 aromatic rings. The van der Waals surface area contributed by atoms with Crippen molar-refractivity contribution in [3.05, 3.63) is 35.9 Å². The molecule has 1 aromatic carbocycles. The van der Waals surface area contributed by atoms with Gasteiger partial charge >= 0.3 is 0 Å². The molecule has 1 aliphatic rings. The minimum atomic E-state index is 0.317. The summed E-state index contributed by atoms with van der Waals surface area (Å²) in [5, 5.41) is 3.82. The van der Waals surface area contributed by atoms with E-state index in [1.54, 1.807) is 0 Å². The molecule has 0 aromatic heterocycles. The van der Waals surface area contributed by atoms with Gasteiger partial charge in [0.1, 0.15) is 0 Å². The van der Waals surface area contributed by atoms with Gasteiger partial charge in [0.25, 0.3) is 0 Å². The maximum absolute atomic E-state index is 3.82. The quantitative estimate of drug-likeness (QED) is 0.773. The van der Waals surface area contributed by atoms with Gasteiger partial charge in [0.05, 0.1) is 0 Å². The summed E-state index contributed by atoms with van der Waals surface area (Å²) in [7, 11) is 0. The van der Waals surface area contributed by atoms with Crippen molar-refractivity contribution >= 4 is 0 Å². The van der Waals surface area contributed by atoms with Gasteiger partial charge in [0.15, 0.2) is 0 Å². The third-order valence-corrected chi connectivity index (χ3v) is 3.54. The summed E-state index contributed by atoms with van der Waals surface area (Å²) in [6, 6.07) is 11.6. The van der Waals surface area contributed by atoms with Crippen molar-refractivity contribution in [3.63, 3.8) is 0 Å². The van der Waals surface area contributed by atoms with Crippen LogP contribution in [0.1, 0.15) is 45.1 Å². The van der Waals surface area contributed by atoms with Crippen LogP contribution in [0.25, 0.3) is 0 Å². The third-order valence-electron chi connectivity index (χ3n) is 3.54. The van der Waals surface area contributed by atoms with Gasteiger partial charge in [-0.05, 0) is 31.2 Å². The van der Waals surface area contributed by atoms with Gasteiger partial charge in [0, 0.05) is 11.6 Å². The highest BCUT2D eigenvalue weighted by Gasteiger charge is 2.44. The molecule has 1 saturated carbocycles. The van der Waals surface area contributed by atoms with Crippen LogP contribution >= 0.6 is 0 Å². The van der Waals surface area contributed by atoms with Crippen LogP contribution in [0.15, 0.2) is 30.3 Å². The van der Waals surface area contributed by atoms with E-state index in [2.05, 4.69) is 49.5 Å². The van der Waals surface area contributed by atoms with Crippen LogP contribution in [0.4, 0.5) is 0 Å². The monoisotopic (exact) mass is 203 g/mol. The highest BCUT2D eigenvalue weighted by Crippen LogP contribution is 2.46. The second kappa shape index (κ2) is 4.36. The molecule has 0 bridgehead atoms. The van der Waals surface area contributed by atoms with Crippen molar-refractivity contribution in [2.24, 2.45) is 0 Å². The van der Waals surface area contributed by atoms with Crippen molar-refractivity contribution < 1.29 is 0 Å². The SMILES string of the molecule is CCC(CC)NC1(c2ccccc2)CC1. The molecule has 1 N–H and O–H groups in total. The smallest absolute Gasteiger partial charge is 0.0438 e. The average molecular weight is 203 g/mol. The molecule has 1 fully saturated rings. The Morgan fingerprint density at radius 1 is 1.13 bits per heavy atom. The van der Waals surface area contributed by atoms with Crippen molar-refractivity contribution in [1.29, 1.82) is 0 Å². The minimum Gasteiger partial charge on any atom is -0.305 e. The topological polar surface area (TPSA) is 12.0 Å². The molecular formula is C14H21N. The van der Waals surface area contributed by atoms with Gasteiger partial charge in [-0.1, -0.05) is 44.2 Å². The first kappa shape index (κ1) is 10.7. The van der Waals surface area contributed by atoms with Crippen molar-refractivity contribution in [2.75, 3.05) is 0 Å². The van der Waals surface area contributed by atoms with Gasteiger partial charge in [-0.2, -0.15) is 0 Å². The Balaban J connectivity index is 2.08. The fourth-order valence-corrected chi connectivity index (χ4v) is 2.28. The van der Waals surface area contributed by atoms with Crippen LogP contribution < -0.4 is 5.32 Å². The molecule has 1 nitrogen and oxygen atoms in total. The van der Waals surface area contributed by atoms with Crippen LogP contribution in [0, 0.1) is 0 Å². The molecule has 0 radical (unpaired) electrons. The Bertz CT molecular complexity index is 296. The average Bonchev–Trinajstić information content (AvgIpc) is 3.08. The molecule has 0 aliphatic heterocycles. The van der Waals surface area contributed by atoms with Crippen LogP contribution in [0.3, 0.4) is 0 Å². The minimum absolute atomic E-state index is 0.317. The summed E-state index contributed by atoms with van der Waals surface area (Å²) in [6.07, 6.45) is 5.05. The molecule has 0 unspecified atom stereocenters. The fraction of sp³-hybridized carbons (Fsp3) is 0.571. The predicted molar refractivity (Wildman–Crippen MR) is 64.9 cm³/mol. The lowest BCUT2D eigenvalue weighted by Crippen LogP contribution is -2.37. The summed E-state index contributed by atoms with van der Waals surface area (Å²) >= 11 is 0. The van der Waals surface area contributed by atoms with Gasteiger partial charge < -0.3 is 5.32 Å². The van der Waals surface area contributed by atoms with E-state index in [9.17, 15) is 0 Å². The summed E-state index contributed by atoms with van der Waals surface area (Å²) in [6.45, 7) is 4.53. The maximum Gasteiger partial charge on any atom is 0.0438 e. The normalized spacial score (nSPS) is 18.1. The van der Waals surface area contributed by atoms with Crippen molar-refractivity contribution in [3.8, 4) is 0 Å². The number of rotatable bonds is 5. The molecule has 0 amide bonds. The van der Waals surface area contributed by atoms with Crippen LogP contribution in [0.2, 0.25) is 0 Å². The highest BCUT2D eigenvalue weighted by molar-refractivity contribution is 5.30. The first-order valence-corrected chi connectivity index (χ1v) is 6.14. The largest absolute Gasteiger partial charge is 0.305 e. The van der Waals surface area contributed by atoms with E-state index in [1.165, 1.54) is 31.2 Å². The molecule has 15 heavy (non-hydrogen) atoms. The van der Waals surface area contributed by atoms with Gasteiger partial charge in [0.2, 0.25) is 0 Å². The first-order valence-electron chi connectivity index (χ1n) is 6.14. The Kier molecular flexibility index (Phi) is 3.11. The van der Waals surface area contributed by atoms with Gasteiger partial charge in [-0.3, -0.25) is 0 Å². The summed E-state index contributed by atoms with van der Waals surface area (Å²) in [5.41, 5.74) is 1.79. The van der Waals surface area contributed by atoms with E-state index in [-0.39, 0.29) is 0 Å². The molecule has 0 heterocycles. The Morgan fingerprint density at radius 2 is 1.73 bits per heavy atom. The Labute approximate surface area is 92.9 Å². The van der Waals surface area contributed by atoms with Crippen molar-refractivity contribution in [1.82, 2.24) is 5.32 Å². The zero-order valence-corrected chi connectivity index (χ0v) is 9.79. The molecule has 82 valence electrons. The summed E-state index contributed by atoms with van der Waals surface area (Å²) < 4.78 is 0. The Hall–Kier alpha value is -0.820. The molecule has 0 atom stereocenters. The zero-order valence-electron chi connectivity index (χ0n) is 9.79. The lowest BCUT2D eigenvalue weighted by molar-refractivity contribution is 0.400. The van der Waals surface area contributed by atoms with E-state index in [1.807, 2.05) is 0 Å². The standard InChI is InChI=1S/C14H21N/c1-3-13(4-2)15-14(10-11-14)12-8-6-5-7-9-12/h5-9,13,15H,3-4,10-11H2,1-2H3. The number of hydrogen-bond donors (Lipinski definition) is 1. The van der Waals surface area contributed by atoms with E-state index in [4.69, 9.17) is 0 Å². The van der Waals surface area contributed by atoms with E-state index >= 15 is 0 Å². The fourth-order valence-electron chi connectivity index (χ4n) is 2.28. The number of nitrogens with one attached hydrogen (secondary N) is 1. The van der Waals surface area contributed by atoms with E-state index < -0.39 is 0 Å². The number of benzene rings is 1. The molecule has 0 saturated heterocycles. The lowest BCUT2D eigenvalue weighted by Gasteiger charge is -2.24. The van der Waals surface area contributed by atoms with Crippen molar-refractivity contribution in [2.45, 2.75) is 51.1 Å². The van der Waals surface area contributed by atoms with E-state index in [0.717, 1.165) is 0 Å². The number of hydrogen-bond acceptors (Lipinski definition) is 1. The molecule has 1 aliphatic carbocycles. The maximum atomic E-state index is 3.82. The highest BCUT2D eigenvalue weighted by atomic mass is 15.0. The molecular weight excluding hydrogens is 182 g/mol. The third kappa shape index (κ3) is 2.23. The van der Waals surface area contributed by atoms with Crippen LogP contribution in [-0.2, 0) is 5.54 Å². The van der Waals surface area contributed by atoms with E-state index in [0.29, 0.717) is 11.6 Å². The second-order valence-corrected chi connectivity index (χ2v) is 4.61. The van der Waals surface area contributed by atoms with Gasteiger partial charge in [-0.25, -0.2) is 0 Å². The predicted octanol–water partition coefficient (Wildman–Crippen LogP) is 3.45. The van der Waals surface area contributed by atoms with Crippen LogP contribution in [0.5, 0.6) is 0 Å². The zero-order chi connectivity index (χ0) is 10.7. The van der Waals surface area contributed by atoms with Gasteiger partial charge in [-0.15, -0.1) is 0 Å². The summed E-state index contributed by atoms with van der Waals surface area (Å²) in [4.78, 5) is 0. The molecule has 2 rings (SSSR count). The molecule has 1 heteroatoms. The second-order valence-electron chi connectivity index (χ2n) is 4.61. The first-order chi connectivity index (χ1) is 7.30.